The Morgan fingerprint density at radius 2 is 0.853 bits per heavy atom. The highest BCUT2D eigenvalue weighted by Gasteiger charge is 2.24. The molecule has 0 heterocycles. The van der Waals surface area contributed by atoms with Crippen LogP contribution in [0.1, 0.15) is 126 Å². The molecule has 2 aromatic carbocycles. The zero-order chi connectivity index (χ0) is 24.2. The zero-order valence-corrected chi connectivity index (χ0v) is 21.8. The molecule has 0 nitrogen and oxygen atoms in total. The number of benzene rings is 2. The van der Waals surface area contributed by atoms with Gasteiger partial charge in [-0.05, 0) is 71.9 Å². The number of halogens is 2. The molecule has 0 spiro atoms. The molecule has 0 radical (unpaired) electrons. The first-order valence-corrected chi connectivity index (χ1v) is 14.3. The summed E-state index contributed by atoms with van der Waals surface area (Å²) in [6.07, 6.45) is 20.4. The molecule has 0 saturated heterocycles. The van der Waals surface area contributed by atoms with Crippen molar-refractivity contribution in [3.63, 3.8) is 0 Å². The van der Waals surface area contributed by atoms with Gasteiger partial charge in [0.15, 0.2) is 0 Å². The van der Waals surface area contributed by atoms with Gasteiger partial charge in [-0.15, -0.1) is 0 Å². The van der Waals surface area contributed by atoms with E-state index < -0.39 is 0 Å². The van der Waals surface area contributed by atoms with Gasteiger partial charge in [-0.1, -0.05) is 115 Å². The minimum Gasteiger partial charge on any atom is -0.206 e. The van der Waals surface area contributed by atoms with Gasteiger partial charge < -0.3 is 0 Å². The molecule has 0 fully saturated rings. The summed E-state index contributed by atoms with van der Waals surface area (Å²) in [5.41, 5.74) is 5.07. The average molecular weight is 469 g/mol. The Morgan fingerprint density at radius 1 is 0.500 bits per heavy atom. The van der Waals surface area contributed by atoms with Gasteiger partial charge in [-0.2, -0.15) is 0 Å². The standard InChI is InChI=1S/C32H46F2/c1-3-5-7-9-10-11-12-13-14-16-18-26-20-22-28-27-21-19-25(17-15-8-6-4-2)31(33)29(27)23-24-30(28)32(26)34/h19-22H,3-18,23-24H2,1-2H3. The maximum atomic E-state index is 15.4. The topological polar surface area (TPSA) is 0 Å². The number of rotatable bonds is 16. The third kappa shape index (κ3) is 7.40. The van der Waals surface area contributed by atoms with Crippen molar-refractivity contribution in [2.75, 3.05) is 0 Å². The molecule has 3 rings (SSSR count). The van der Waals surface area contributed by atoms with E-state index in [0.717, 1.165) is 65.5 Å². The Bertz CT molecular complexity index is 883. The van der Waals surface area contributed by atoms with Crippen LogP contribution < -0.4 is 0 Å². The first kappa shape index (κ1) is 26.9. The Hall–Kier alpha value is -1.70. The summed E-state index contributed by atoms with van der Waals surface area (Å²) in [4.78, 5) is 0. The second kappa shape index (κ2) is 14.6. The highest BCUT2D eigenvalue weighted by molar-refractivity contribution is 5.74. The zero-order valence-electron chi connectivity index (χ0n) is 21.8. The summed E-state index contributed by atoms with van der Waals surface area (Å²) in [6.45, 7) is 4.45. The molecule has 2 aromatic rings. The molecule has 0 unspecified atom stereocenters. The molecule has 0 N–H and O–H groups in total. The summed E-state index contributed by atoms with van der Waals surface area (Å²) in [7, 11) is 0. The molecule has 0 saturated carbocycles. The molecule has 2 heteroatoms. The van der Waals surface area contributed by atoms with Crippen LogP contribution in [0.3, 0.4) is 0 Å². The first-order valence-electron chi connectivity index (χ1n) is 14.3. The Morgan fingerprint density at radius 3 is 1.26 bits per heavy atom. The van der Waals surface area contributed by atoms with E-state index in [0.29, 0.717) is 12.8 Å². The molecule has 1 aliphatic carbocycles. The summed E-state index contributed by atoms with van der Waals surface area (Å²) >= 11 is 0. The van der Waals surface area contributed by atoms with Crippen LogP contribution in [-0.2, 0) is 25.7 Å². The van der Waals surface area contributed by atoms with Crippen LogP contribution in [0.5, 0.6) is 0 Å². The maximum Gasteiger partial charge on any atom is 0.130 e. The van der Waals surface area contributed by atoms with Gasteiger partial charge in [0.25, 0.3) is 0 Å². The summed E-state index contributed by atoms with van der Waals surface area (Å²) < 4.78 is 30.6. The van der Waals surface area contributed by atoms with Crippen molar-refractivity contribution in [2.24, 2.45) is 0 Å². The lowest BCUT2D eigenvalue weighted by Gasteiger charge is -2.23. The van der Waals surface area contributed by atoms with Gasteiger partial charge in [0.05, 0.1) is 0 Å². The van der Waals surface area contributed by atoms with Crippen molar-refractivity contribution < 1.29 is 8.78 Å². The first-order chi connectivity index (χ1) is 16.7. The number of aryl methyl sites for hydroxylation is 2. The van der Waals surface area contributed by atoms with Gasteiger partial charge in [-0.25, -0.2) is 8.78 Å². The minimum atomic E-state index is -0.0468. The molecule has 0 aliphatic heterocycles. The quantitative estimate of drug-likeness (QED) is 0.215. The molecule has 0 bridgehead atoms. The summed E-state index contributed by atoms with van der Waals surface area (Å²) in [5, 5.41) is 0. The van der Waals surface area contributed by atoms with Gasteiger partial charge in [0, 0.05) is 0 Å². The van der Waals surface area contributed by atoms with E-state index in [9.17, 15) is 0 Å². The molecule has 0 atom stereocenters. The van der Waals surface area contributed by atoms with Crippen LogP contribution in [0.15, 0.2) is 24.3 Å². The second-order valence-electron chi connectivity index (χ2n) is 10.4. The van der Waals surface area contributed by atoms with Crippen molar-refractivity contribution in [2.45, 2.75) is 129 Å². The molecule has 0 amide bonds. The lowest BCUT2D eigenvalue weighted by atomic mass is 9.82. The van der Waals surface area contributed by atoms with E-state index in [2.05, 4.69) is 13.8 Å². The van der Waals surface area contributed by atoms with Crippen LogP contribution >= 0.6 is 0 Å². The van der Waals surface area contributed by atoms with E-state index in [4.69, 9.17) is 0 Å². The number of hydrogen-bond donors (Lipinski definition) is 0. The fraction of sp³-hybridized carbons (Fsp3) is 0.625. The van der Waals surface area contributed by atoms with Crippen molar-refractivity contribution >= 4 is 0 Å². The lowest BCUT2D eigenvalue weighted by molar-refractivity contribution is 0.547. The summed E-state index contributed by atoms with van der Waals surface area (Å²) in [6, 6.07) is 7.97. The Balaban J connectivity index is 1.52. The number of unbranched alkanes of at least 4 members (excludes halogenated alkanes) is 12. The van der Waals surface area contributed by atoms with E-state index >= 15 is 8.78 Å². The summed E-state index contributed by atoms with van der Waals surface area (Å²) in [5.74, 6) is -0.0855. The molecule has 1 aliphatic rings. The van der Waals surface area contributed by atoms with Crippen LogP contribution in [0.4, 0.5) is 8.78 Å². The van der Waals surface area contributed by atoms with E-state index in [1.165, 1.54) is 70.6 Å². The SMILES string of the molecule is CCCCCCCCCCCCc1ccc2c(c1F)CCc1c-2ccc(CCCCCC)c1F. The van der Waals surface area contributed by atoms with E-state index in [1.807, 2.05) is 24.3 Å². The van der Waals surface area contributed by atoms with Crippen LogP contribution in [0.2, 0.25) is 0 Å². The largest absolute Gasteiger partial charge is 0.206 e. The van der Waals surface area contributed by atoms with Gasteiger partial charge in [-0.3, -0.25) is 0 Å². The van der Waals surface area contributed by atoms with Crippen LogP contribution in [-0.4, -0.2) is 0 Å². The van der Waals surface area contributed by atoms with Gasteiger partial charge in [0.1, 0.15) is 11.6 Å². The smallest absolute Gasteiger partial charge is 0.130 e. The number of fused-ring (bicyclic) bond motifs is 3. The fourth-order valence-corrected chi connectivity index (χ4v) is 5.51. The fourth-order valence-electron chi connectivity index (χ4n) is 5.51. The Kier molecular flexibility index (Phi) is 11.6. The molecular formula is C32H46F2. The normalized spacial score (nSPS) is 12.6. The molecule has 0 aromatic heterocycles. The lowest BCUT2D eigenvalue weighted by Crippen LogP contribution is -2.11. The molecular weight excluding hydrogens is 422 g/mol. The van der Waals surface area contributed by atoms with E-state index in [1.54, 1.807) is 0 Å². The highest BCUT2D eigenvalue weighted by atomic mass is 19.1. The predicted molar refractivity (Wildman–Crippen MR) is 143 cm³/mol. The van der Waals surface area contributed by atoms with Crippen LogP contribution in [0.25, 0.3) is 11.1 Å². The second-order valence-corrected chi connectivity index (χ2v) is 10.4. The number of hydrogen-bond acceptors (Lipinski definition) is 0. The van der Waals surface area contributed by atoms with Crippen molar-refractivity contribution in [1.82, 2.24) is 0 Å². The third-order valence-electron chi connectivity index (χ3n) is 7.66. The van der Waals surface area contributed by atoms with Crippen molar-refractivity contribution in [3.8, 4) is 11.1 Å². The monoisotopic (exact) mass is 468 g/mol. The highest BCUT2D eigenvalue weighted by Crippen LogP contribution is 2.38. The van der Waals surface area contributed by atoms with Gasteiger partial charge >= 0.3 is 0 Å². The average Bonchev–Trinajstić information content (AvgIpc) is 2.85. The van der Waals surface area contributed by atoms with Gasteiger partial charge in [0.2, 0.25) is 0 Å². The Labute approximate surface area is 207 Å². The van der Waals surface area contributed by atoms with Crippen molar-refractivity contribution in [3.05, 3.63) is 58.2 Å². The third-order valence-corrected chi connectivity index (χ3v) is 7.66. The van der Waals surface area contributed by atoms with Crippen molar-refractivity contribution in [1.29, 1.82) is 0 Å². The maximum absolute atomic E-state index is 15.4. The molecule has 188 valence electrons. The minimum absolute atomic E-state index is 0.0388. The molecule has 34 heavy (non-hydrogen) atoms. The predicted octanol–water partition coefficient (Wildman–Crippen LogP) is 10.3. The van der Waals surface area contributed by atoms with Crippen LogP contribution in [0, 0.1) is 11.6 Å². The van der Waals surface area contributed by atoms with E-state index in [-0.39, 0.29) is 11.6 Å².